The molecular formula is C18H20N2O2. The van der Waals surface area contributed by atoms with E-state index in [-0.39, 0.29) is 18.2 Å². The molecule has 0 aliphatic carbocycles. The van der Waals surface area contributed by atoms with Gasteiger partial charge < -0.3 is 10.6 Å². The molecule has 0 atom stereocenters. The van der Waals surface area contributed by atoms with Crippen LogP contribution in [0.3, 0.4) is 0 Å². The van der Waals surface area contributed by atoms with E-state index in [4.69, 9.17) is 0 Å². The highest BCUT2D eigenvalue weighted by Gasteiger charge is 2.09. The molecule has 0 fully saturated rings. The third kappa shape index (κ3) is 3.95. The maximum absolute atomic E-state index is 12.1. The minimum atomic E-state index is -0.186. The van der Waals surface area contributed by atoms with Crippen LogP contribution in [0.4, 0.5) is 11.4 Å². The van der Waals surface area contributed by atoms with E-state index in [1.165, 1.54) is 6.92 Å². The van der Waals surface area contributed by atoms with Gasteiger partial charge in [0.1, 0.15) is 0 Å². The topological polar surface area (TPSA) is 58.2 Å². The Morgan fingerprint density at radius 3 is 2.45 bits per heavy atom. The van der Waals surface area contributed by atoms with Crippen molar-refractivity contribution in [2.24, 2.45) is 0 Å². The van der Waals surface area contributed by atoms with E-state index >= 15 is 0 Å². The Morgan fingerprint density at radius 1 is 1.00 bits per heavy atom. The zero-order valence-corrected chi connectivity index (χ0v) is 13.1. The number of ketones is 1. The summed E-state index contributed by atoms with van der Waals surface area (Å²) < 4.78 is 0. The predicted octanol–water partition coefficient (Wildman–Crippen LogP) is 3.56. The first-order chi connectivity index (χ1) is 10.5. The second-order valence-electron chi connectivity index (χ2n) is 5.32. The summed E-state index contributed by atoms with van der Waals surface area (Å²) in [6, 6.07) is 13.1. The summed E-state index contributed by atoms with van der Waals surface area (Å²) in [5, 5.41) is 5.90. The lowest BCUT2D eigenvalue weighted by atomic mass is 10.1. The van der Waals surface area contributed by atoms with Crippen LogP contribution < -0.4 is 10.6 Å². The fourth-order valence-corrected chi connectivity index (χ4v) is 2.20. The maximum Gasteiger partial charge on any atom is 0.243 e. The van der Waals surface area contributed by atoms with Gasteiger partial charge in [-0.15, -0.1) is 0 Å². The number of hydrogen-bond acceptors (Lipinski definition) is 3. The second-order valence-corrected chi connectivity index (χ2v) is 5.32. The highest BCUT2D eigenvalue weighted by molar-refractivity contribution is 6.04. The molecule has 22 heavy (non-hydrogen) atoms. The zero-order valence-electron chi connectivity index (χ0n) is 13.1. The number of amides is 1. The molecule has 2 aromatic carbocycles. The summed E-state index contributed by atoms with van der Waals surface area (Å²) >= 11 is 0. The molecule has 0 aliphatic rings. The summed E-state index contributed by atoms with van der Waals surface area (Å²) in [5.74, 6) is -0.256. The Hall–Kier alpha value is -2.62. The molecule has 4 heteroatoms. The Balaban J connectivity index is 2.02. The molecule has 0 unspecified atom stereocenters. The van der Waals surface area contributed by atoms with Crippen LogP contribution in [0.25, 0.3) is 0 Å². The van der Waals surface area contributed by atoms with Gasteiger partial charge >= 0.3 is 0 Å². The van der Waals surface area contributed by atoms with E-state index in [0.29, 0.717) is 11.3 Å². The number of benzene rings is 2. The molecule has 0 saturated heterocycles. The second kappa shape index (κ2) is 6.89. The Kier molecular flexibility index (Phi) is 4.94. The van der Waals surface area contributed by atoms with Crippen LogP contribution in [0.5, 0.6) is 0 Å². The van der Waals surface area contributed by atoms with Crippen LogP contribution in [0.1, 0.15) is 28.4 Å². The molecule has 1 amide bonds. The summed E-state index contributed by atoms with van der Waals surface area (Å²) in [6.45, 7) is 5.63. The molecule has 114 valence electrons. The molecule has 0 aliphatic heterocycles. The van der Waals surface area contributed by atoms with Gasteiger partial charge in [-0.3, -0.25) is 9.59 Å². The normalized spacial score (nSPS) is 10.1. The minimum absolute atomic E-state index is 0.0709. The summed E-state index contributed by atoms with van der Waals surface area (Å²) in [6.07, 6.45) is 0. The van der Waals surface area contributed by atoms with E-state index in [0.717, 1.165) is 16.8 Å². The first-order valence-electron chi connectivity index (χ1n) is 7.18. The van der Waals surface area contributed by atoms with Crippen molar-refractivity contribution in [1.29, 1.82) is 0 Å². The van der Waals surface area contributed by atoms with Crippen LogP contribution in [0, 0.1) is 13.8 Å². The van der Waals surface area contributed by atoms with Gasteiger partial charge in [0, 0.05) is 11.3 Å². The van der Waals surface area contributed by atoms with Crippen LogP contribution >= 0.6 is 0 Å². The molecule has 0 heterocycles. The van der Waals surface area contributed by atoms with Crippen molar-refractivity contribution in [1.82, 2.24) is 0 Å². The average Bonchev–Trinajstić information content (AvgIpc) is 2.48. The lowest BCUT2D eigenvalue weighted by Gasteiger charge is -2.12. The van der Waals surface area contributed by atoms with Gasteiger partial charge in [-0.25, -0.2) is 0 Å². The molecule has 0 spiro atoms. The number of Topliss-reactive ketones (excluding diaryl/α,β-unsaturated/α-hetero) is 1. The number of carbonyl (C=O) groups excluding carboxylic acids is 2. The Morgan fingerprint density at radius 2 is 1.73 bits per heavy atom. The highest BCUT2D eigenvalue weighted by Crippen LogP contribution is 2.17. The smallest absolute Gasteiger partial charge is 0.243 e. The predicted molar refractivity (Wildman–Crippen MR) is 89.5 cm³/mol. The molecule has 2 rings (SSSR count). The van der Waals surface area contributed by atoms with Gasteiger partial charge in [0.25, 0.3) is 0 Å². The first kappa shape index (κ1) is 15.8. The third-order valence-electron chi connectivity index (χ3n) is 3.41. The van der Waals surface area contributed by atoms with Gasteiger partial charge in [-0.05, 0) is 50.1 Å². The van der Waals surface area contributed by atoms with Crippen molar-refractivity contribution in [3.8, 4) is 0 Å². The summed E-state index contributed by atoms with van der Waals surface area (Å²) in [5.41, 5.74) is 4.22. The quantitative estimate of drug-likeness (QED) is 0.829. The van der Waals surface area contributed by atoms with Crippen LogP contribution in [0.2, 0.25) is 0 Å². The lowest BCUT2D eigenvalue weighted by molar-refractivity contribution is -0.114. The number of hydrogen-bond donors (Lipinski definition) is 2. The summed E-state index contributed by atoms with van der Waals surface area (Å²) in [4.78, 5) is 23.6. The third-order valence-corrected chi connectivity index (χ3v) is 3.41. The fourth-order valence-electron chi connectivity index (χ4n) is 2.20. The van der Waals surface area contributed by atoms with Crippen molar-refractivity contribution < 1.29 is 9.59 Å². The number of carbonyl (C=O) groups is 2. The Labute approximate surface area is 130 Å². The van der Waals surface area contributed by atoms with Crippen molar-refractivity contribution in [3.05, 3.63) is 59.2 Å². The number of para-hydroxylation sites is 1. The number of aryl methyl sites for hydroxylation is 2. The van der Waals surface area contributed by atoms with E-state index in [2.05, 4.69) is 10.6 Å². The van der Waals surface area contributed by atoms with E-state index in [9.17, 15) is 9.59 Å². The van der Waals surface area contributed by atoms with Gasteiger partial charge in [0.15, 0.2) is 5.78 Å². The zero-order chi connectivity index (χ0) is 16.1. The molecule has 2 aromatic rings. The first-order valence-corrected chi connectivity index (χ1v) is 7.18. The Bertz CT molecular complexity index is 708. The molecular weight excluding hydrogens is 276 g/mol. The molecule has 4 nitrogen and oxygen atoms in total. The van der Waals surface area contributed by atoms with Crippen molar-refractivity contribution in [2.75, 3.05) is 17.2 Å². The maximum atomic E-state index is 12.1. The SMILES string of the molecule is CC(=O)c1ccccc1NC(=O)CNc1cc(C)ccc1C. The van der Waals surface area contributed by atoms with Gasteiger partial charge in [0.2, 0.25) is 5.91 Å². The van der Waals surface area contributed by atoms with Gasteiger partial charge in [-0.2, -0.15) is 0 Å². The van der Waals surface area contributed by atoms with Gasteiger partial charge in [-0.1, -0.05) is 24.3 Å². The monoisotopic (exact) mass is 296 g/mol. The molecule has 0 radical (unpaired) electrons. The number of rotatable bonds is 5. The lowest BCUT2D eigenvalue weighted by Crippen LogP contribution is -2.23. The van der Waals surface area contributed by atoms with Crippen LogP contribution in [-0.2, 0) is 4.79 Å². The van der Waals surface area contributed by atoms with Crippen LogP contribution in [-0.4, -0.2) is 18.2 Å². The van der Waals surface area contributed by atoms with Gasteiger partial charge in [0.05, 0.1) is 12.2 Å². The largest absolute Gasteiger partial charge is 0.376 e. The molecule has 0 bridgehead atoms. The minimum Gasteiger partial charge on any atom is -0.376 e. The van der Waals surface area contributed by atoms with E-state index in [1.54, 1.807) is 24.3 Å². The van der Waals surface area contributed by atoms with E-state index < -0.39 is 0 Å². The standard InChI is InChI=1S/C18H20N2O2/c1-12-8-9-13(2)17(10-12)19-11-18(22)20-16-7-5-4-6-15(16)14(3)21/h4-10,19H,11H2,1-3H3,(H,20,22). The van der Waals surface area contributed by atoms with Crippen LogP contribution in [0.15, 0.2) is 42.5 Å². The number of anilines is 2. The number of nitrogens with one attached hydrogen (secondary N) is 2. The van der Waals surface area contributed by atoms with Crippen molar-refractivity contribution >= 4 is 23.1 Å². The summed E-state index contributed by atoms with van der Waals surface area (Å²) in [7, 11) is 0. The molecule has 0 saturated carbocycles. The average molecular weight is 296 g/mol. The van der Waals surface area contributed by atoms with Crippen molar-refractivity contribution in [3.63, 3.8) is 0 Å². The highest BCUT2D eigenvalue weighted by atomic mass is 16.2. The van der Waals surface area contributed by atoms with Crippen molar-refractivity contribution in [2.45, 2.75) is 20.8 Å². The van der Waals surface area contributed by atoms with E-state index in [1.807, 2.05) is 32.0 Å². The fraction of sp³-hybridized carbons (Fsp3) is 0.222. The molecule has 0 aromatic heterocycles. The molecule has 2 N–H and O–H groups in total.